The summed E-state index contributed by atoms with van der Waals surface area (Å²) >= 11 is 0. The van der Waals surface area contributed by atoms with Gasteiger partial charge in [0.1, 0.15) is 11.4 Å². The van der Waals surface area contributed by atoms with Gasteiger partial charge in [-0.05, 0) is 106 Å². The van der Waals surface area contributed by atoms with Crippen molar-refractivity contribution in [2.24, 2.45) is 41.4 Å². The molecule has 1 N–H and O–H groups in total. The van der Waals surface area contributed by atoms with Gasteiger partial charge in [0.05, 0.1) is 5.56 Å². The van der Waals surface area contributed by atoms with Crippen molar-refractivity contribution >= 4 is 11.9 Å². The molecule has 1 aromatic rings. The molecule has 0 aromatic heterocycles. The molecule has 5 saturated carbocycles. The zero-order chi connectivity index (χ0) is 25.2. The second-order valence-electron chi connectivity index (χ2n) is 12.4. The maximum Gasteiger partial charge on any atom is 0.378 e. The molecule has 196 valence electrons. The Morgan fingerprint density at radius 1 is 0.972 bits per heavy atom. The normalized spacial score (nSPS) is 38.1. The van der Waals surface area contributed by atoms with Crippen LogP contribution in [-0.2, 0) is 9.53 Å². The van der Waals surface area contributed by atoms with Gasteiger partial charge in [0.2, 0.25) is 0 Å². The van der Waals surface area contributed by atoms with Crippen LogP contribution < -0.4 is 4.74 Å². The Morgan fingerprint density at radius 2 is 1.64 bits per heavy atom. The van der Waals surface area contributed by atoms with Crippen molar-refractivity contribution in [1.29, 1.82) is 0 Å². The monoisotopic (exact) mass is 502 g/mol. The van der Waals surface area contributed by atoms with Crippen LogP contribution in [0.3, 0.4) is 0 Å². The van der Waals surface area contributed by atoms with Crippen molar-refractivity contribution in [3.8, 4) is 5.75 Å². The van der Waals surface area contributed by atoms with Gasteiger partial charge in [0.25, 0.3) is 0 Å². The first kappa shape index (κ1) is 24.2. The summed E-state index contributed by atoms with van der Waals surface area (Å²) in [5.41, 5.74) is -0.0934. The van der Waals surface area contributed by atoms with Crippen molar-refractivity contribution in [2.75, 3.05) is 0 Å². The van der Waals surface area contributed by atoms with Gasteiger partial charge in [-0.1, -0.05) is 19.3 Å². The fourth-order valence-electron chi connectivity index (χ4n) is 9.12. The third-order valence-corrected chi connectivity index (χ3v) is 10.5. The predicted molar refractivity (Wildman–Crippen MR) is 128 cm³/mol. The van der Waals surface area contributed by atoms with Crippen LogP contribution in [0.5, 0.6) is 5.75 Å². The number of benzene rings is 1. The molecule has 5 aliphatic carbocycles. The van der Waals surface area contributed by atoms with E-state index in [0.29, 0.717) is 24.5 Å². The highest BCUT2D eigenvalue weighted by Gasteiger charge is 2.66. The molecule has 5 fully saturated rings. The van der Waals surface area contributed by atoms with E-state index in [9.17, 15) is 18.4 Å². The van der Waals surface area contributed by atoms with E-state index < -0.39 is 29.9 Å². The van der Waals surface area contributed by atoms with Crippen molar-refractivity contribution in [2.45, 2.75) is 88.8 Å². The highest BCUT2D eigenvalue weighted by atomic mass is 19.3. The minimum atomic E-state index is -4.13. The summed E-state index contributed by atoms with van der Waals surface area (Å²) in [4.78, 5) is 24.1. The van der Waals surface area contributed by atoms with Crippen LogP contribution in [0.15, 0.2) is 24.3 Å². The van der Waals surface area contributed by atoms with Gasteiger partial charge in [0.15, 0.2) is 6.10 Å². The first-order valence-electron chi connectivity index (χ1n) is 13.8. The molecule has 5 aliphatic rings. The number of ether oxygens (including phenoxy) is 2. The maximum atomic E-state index is 14.5. The third kappa shape index (κ3) is 3.83. The lowest BCUT2D eigenvalue weighted by Gasteiger charge is -2.44. The summed E-state index contributed by atoms with van der Waals surface area (Å²) in [5, 5.41) is 9.10. The van der Waals surface area contributed by atoms with Crippen molar-refractivity contribution in [3.05, 3.63) is 29.8 Å². The van der Waals surface area contributed by atoms with Crippen LogP contribution in [0.25, 0.3) is 0 Å². The summed E-state index contributed by atoms with van der Waals surface area (Å²) in [6.45, 7) is 2.23. The number of carbonyl (C=O) groups excluding carboxylic acids is 1. The molecule has 8 unspecified atom stereocenters. The Bertz CT molecular complexity index is 1020. The number of carboxylic acid groups (broad SMARTS) is 1. The van der Waals surface area contributed by atoms with E-state index in [1.54, 1.807) is 12.1 Å². The molecule has 4 bridgehead atoms. The van der Waals surface area contributed by atoms with Crippen LogP contribution in [-0.4, -0.2) is 34.7 Å². The van der Waals surface area contributed by atoms with Crippen LogP contribution in [0.4, 0.5) is 8.78 Å². The highest BCUT2D eigenvalue weighted by Crippen LogP contribution is 2.70. The number of fused-ring (bicyclic) bond motifs is 9. The lowest BCUT2D eigenvalue weighted by Crippen LogP contribution is -2.48. The van der Waals surface area contributed by atoms with Crippen LogP contribution in [0.1, 0.15) is 81.5 Å². The zero-order valence-electron chi connectivity index (χ0n) is 20.8. The summed E-state index contributed by atoms with van der Waals surface area (Å²) < 4.78 is 40.8. The van der Waals surface area contributed by atoms with Crippen LogP contribution in [0.2, 0.25) is 0 Å². The fourth-order valence-corrected chi connectivity index (χ4v) is 9.12. The van der Waals surface area contributed by atoms with E-state index in [1.165, 1.54) is 37.8 Å². The second-order valence-corrected chi connectivity index (χ2v) is 12.4. The van der Waals surface area contributed by atoms with E-state index in [1.807, 2.05) is 0 Å². The smallest absolute Gasteiger partial charge is 0.378 e. The molecule has 7 heteroatoms. The molecular weight excluding hydrogens is 466 g/mol. The number of carbonyl (C=O) groups is 2. The zero-order valence-corrected chi connectivity index (χ0v) is 20.8. The number of aliphatic carboxylic acids is 1. The maximum absolute atomic E-state index is 14.5. The van der Waals surface area contributed by atoms with Gasteiger partial charge in [-0.3, -0.25) is 0 Å². The molecule has 0 amide bonds. The fraction of sp³-hybridized carbons (Fsp3) is 0.724. The van der Waals surface area contributed by atoms with Gasteiger partial charge in [-0.15, -0.1) is 0 Å². The molecule has 0 aliphatic heterocycles. The minimum Gasteiger partial charge on any atom is -0.487 e. The third-order valence-electron chi connectivity index (χ3n) is 10.5. The predicted octanol–water partition coefficient (Wildman–Crippen LogP) is 6.35. The number of carboxylic acids is 1. The Kier molecular flexibility index (Phi) is 5.84. The minimum absolute atomic E-state index is 0.121. The number of esters is 1. The Hall–Kier alpha value is -2.18. The van der Waals surface area contributed by atoms with Gasteiger partial charge in [-0.25, -0.2) is 9.59 Å². The molecule has 5 nitrogen and oxygen atoms in total. The van der Waals surface area contributed by atoms with E-state index in [-0.39, 0.29) is 11.2 Å². The van der Waals surface area contributed by atoms with E-state index in [2.05, 4.69) is 6.92 Å². The SMILES string of the molecule is CC1(Oc2ccc(C(=O)OC(C3CCCCC3)C(F)(F)C(=O)O)cc2)CC2CC1C1C3CCC(C3)C21. The quantitative estimate of drug-likeness (QED) is 0.347. The largest absolute Gasteiger partial charge is 0.487 e. The van der Waals surface area contributed by atoms with E-state index >= 15 is 0 Å². The number of hydrogen-bond donors (Lipinski definition) is 1. The van der Waals surface area contributed by atoms with Crippen molar-refractivity contribution in [1.82, 2.24) is 0 Å². The lowest BCUT2D eigenvalue weighted by molar-refractivity contribution is -0.189. The molecule has 0 saturated heterocycles. The van der Waals surface area contributed by atoms with Crippen molar-refractivity contribution < 1.29 is 33.0 Å². The second kappa shape index (κ2) is 8.70. The molecule has 1 aromatic carbocycles. The summed E-state index contributed by atoms with van der Waals surface area (Å²) in [5.74, 6) is -2.52. The van der Waals surface area contributed by atoms with E-state index in [4.69, 9.17) is 14.6 Å². The van der Waals surface area contributed by atoms with Crippen LogP contribution in [0, 0.1) is 41.4 Å². The van der Waals surface area contributed by atoms with Crippen LogP contribution >= 0.6 is 0 Å². The Balaban J connectivity index is 1.13. The van der Waals surface area contributed by atoms with Gasteiger partial charge in [-0.2, -0.15) is 8.78 Å². The topological polar surface area (TPSA) is 72.8 Å². The summed E-state index contributed by atoms with van der Waals surface area (Å²) in [6.07, 6.45) is 7.75. The molecule has 0 heterocycles. The Labute approximate surface area is 210 Å². The number of hydrogen-bond acceptors (Lipinski definition) is 4. The lowest BCUT2D eigenvalue weighted by atomic mass is 9.66. The first-order chi connectivity index (χ1) is 17.2. The number of halogens is 2. The molecule has 6 rings (SSSR count). The van der Waals surface area contributed by atoms with E-state index in [0.717, 1.165) is 55.3 Å². The summed E-state index contributed by atoms with van der Waals surface area (Å²) in [6, 6.07) is 6.48. The molecule has 36 heavy (non-hydrogen) atoms. The average molecular weight is 503 g/mol. The van der Waals surface area contributed by atoms with Gasteiger partial charge >= 0.3 is 17.9 Å². The standard InChI is InChI=1S/C29H36F2O5/c1-28(15-20-14-22(28)24-19-8-7-18(13-19)23(20)24)36-21-11-9-17(10-12-21)26(32)35-25(29(30,31)27(33)34)16-5-3-2-4-6-16/h9-12,16,18-20,22-25H,2-8,13-15H2,1H3,(H,33,34). The average Bonchev–Trinajstić information content (AvgIpc) is 3.63. The molecule has 8 atom stereocenters. The number of rotatable bonds is 7. The number of alkyl halides is 2. The molecule has 0 spiro atoms. The van der Waals surface area contributed by atoms with Crippen molar-refractivity contribution in [3.63, 3.8) is 0 Å². The molecule has 0 radical (unpaired) electrons. The Morgan fingerprint density at radius 3 is 2.31 bits per heavy atom. The highest BCUT2D eigenvalue weighted by molar-refractivity contribution is 5.90. The summed E-state index contributed by atoms with van der Waals surface area (Å²) in [7, 11) is 0. The van der Waals surface area contributed by atoms with Gasteiger partial charge in [0, 0.05) is 11.8 Å². The first-order valence-corrected chi connectivity index (χ1v) is 13.8. The molecular formula is C29H36F2O5. The van der Waals surface area contributed by atoms with Gasteiger partial charge < -0.3 is 14.6 Å².